The second-order valence-corrected chi connectivity index (χ2v) is 7.62. The lowest BCUT2D eigenvalue weighted by Gasteiger charge is -2.29. The topological polar surface area (TPSA) is 162 Å². The first-order valence-electron chi connectivity index (χ1n) is 9.23. The molecule has 160 valence electrons. The predicted octanol–water partition coefficient (Wildman–Crippen LogP) is -1.67. The van der Waals surface area contributed by atoms with E-state index in [4.69, 9.17) is 5.73 Å². The SMILES string of the molecule is CC(C)CC(NC(=O)C(CO)NC(=O)C(N)CS)C(=O)N1CCCC1C(=O)O. The van der Waals surface area contributed by atoms with Gasteiger partial charge in [0.15, 0.2) is 0 Å². The van der Waals surface area contributed by atoms with Crippen molar-refractivity contribution in [1.82, 2.24) is 15.5 Å². The Labute approximate surface area is 169 Å². The highest BCUT2D eigenvalue weighted by Crippen LogP contribution is 2.20. The van der Waals surface area contributed by atoms with E-state index in [9.17, 15) is 29.4 Å². The van der Waals surface area contributed by atoms with Crippen molar-refractivity contribution in [3.8, 4) is 0 Å². The summed E-state index contributed by atoms with van der Waals surface area (Å²) in [7, 11) is 0. The molecule has 11 heteroatoms. The molecule has 1 rings (SSSR count). The zero-order chi connectivity index (χ0) is 21.4. The molecule has 0 aliphatic carbocycles. The maximum atomic E-state index is 12.9. The third kappa shape index (κ3) is 6.64. The number of nitrogens with one attached hydrogen (secondary N) is 2. The Morgan fingerprint density at radius 3 is 2.29 bits per heavy atom. The molecule has 4 atom stereocenters. The molecule has 0 saturated carbocycles. The molecular formula is C17H30N4O6S. The minimum Gasteiger partial charge on any atom is -0.480 e. The quantitative estimate of drug-likeness (QED) is 0.231. The fourth-order valence-electron chi connectivity index (χ4n) is 3.01. The Morgan fingerprint density at radius 2 is 1.79 bits per heavy atom. The van der Waals surface area contributed by atoms with Gasteiger partial charge in [-0.25, -0.2) is 4.79 Å². The van der Waals surface area contributed by atoms with E-state index >= 15 is 0 Å². The second kappa shape index (κ2) is 11.2. The van der Waals surface area contributed by atoms with Crippen molar-refractivity contribution < 1.29 is 29.4 Å². The molecule has 0 aromatic rings. The molecule has 10 nitrogen and oxygen atoms in total. The number of nitrogens with zero attached hydrogens (tertiary/aromatic N) is 1. The monoisotopic (exact) mass is 418 g/mol. The number of carbonyl (C=O) groups excluding carboxylic acids is 3. The lowest BCUT2D eigenvalue weighted by molar-refractivity contribution is -0.149. The Bertz CT molecular complexity index is 588. The highest BCUT2D eigenvalue weighted by atomic mass is 32.1. The number of aliphatic carboxylic acids is 1. The van der Waals surface area contributed by atoms with Gasteiger partial charge >= 0.3 is 5.97 Å². The van der Waals surface area contributed by atoms with E-state index in [0.29, 0.717) is 19.4 Å². The van der Waals surface area contributed by atoms with Crippen LogP contribution >= 0.6 is 12.6 Å². The molecule has 0 spiro atoms. The van der Waals surface area contributed by atoms with Gasteiger partial charge in [-0.2, -0.15) is 12.6 Å². The number of amides is 3. The number of carbonyl (C=O) groups is 4. The highest BCUT2D eigenvalue weighted by Gasteiger charge is 2.38. The van der Waals surface area contributed by atoms with E-state index in [1.165, 1.54) is 4.90 Å². The van der Waals surface area contributed by atoms with Crippen molar-refractivity contribution in [2.75, 3.05) is 18.9 Å². The number of rotatable bonds is 10. The summed E-state index contributed by atoms with van der Waals surface area (Å²) in [5, 5.41) is 23.6. The molecule has 4 unspecified atom stereocenters. The number of thiol groups is 1. The Balaban J connectivity index is 2.89. The van der Waals surface area contributed by atoms with Crippen LogP contribution in [0.15, 0.2) is 0 Å². The van der Waals surface area contributed by atoms with Crippen LogP contribution in [0.5, 0.6) is 0 Å². The smallest absolute Gasteiger partial charge is 0.326 e. The van der Waals surface area contributed by atoms with Crippen LogP contribution in [-0.4, -0.2) is 81.9 Å². The molecule has 0 aromatic heterocycles. The number of aliphatic hydroxyl groups is 1. The van der Waals surface area contributed by atoms with Crippen LogP contribution in [0, 0.1) is 5.92 Å². The van der Waals surface area contributed by atoms with Crippen molar-refractivity contribution in [2.45, 2.75) is 57.3 Å². The summed E-state index contributed by atoms with van der Waals surface area (Å²) in [5.74, 6) is -2.86. The number of hydrogen-bond acceptors (Lipinski definition) is 7. The van der Waals surface area contributed by atoms with Crippen LogP contribution in [0.4, 0.5) is 0 Å². The number of nitrogens with two attached hydrogens (primary N) is 1. The van der Waals surface area contributed by atoms with Gasteiger partial charge in [-0.15, -0.1) is 0 Å². The lowest BCUT2D eigenvalue weighted by atomic mass is 10.0. The lowest BCUT2D eigenvalue weighted by Crippen LogP contribution is -2.58. The van der Waals surface area contributed by atoms with E-state index in [2.05, 4.69) is 23.3 Å². The van der Waals surface area contributed by atoms with Gasteiger partial charge in [-0.05, 0) is 25.2 Å². The maximum Gasteiger partial charge on any atom is 0.326 e. The summed E-state index contributed by atoms with van der Waals surface area (Å²) in [4.78, 5) is 49.9. The third-order valence-corrected chi connectivity index (χ3v) is 4.89. The standard InChI is InChI=1S/C17H30N4O6S/c1-9(2)6-11(16(25)21-5-3-4-13(21)17(26)27)19-15(24)12(7-22)20-14(23)10(18)8-28/h9-13,22,28H,3-8,18H2,1-2H3,(H,19,24)(H,20,23)(H,26,27). The Hall–Kier alpha value is -1.85. The fraction of sp³-hybridized carbons (Fsp3) is 0.765. The third-order valence-electron chi connectivity index (χ3n) is 4.49. The number of carboxylic acids is 1. The Morgan fingerprint density at radius 1 is 1.18 bits per heavy atom. The van der Waals surface area contributed by atoms with E-state index in [1.807, 2.05) is 13.8 Å². The Kier molecular flexibility index (Phi) is 9.70. The summed E-state index contributed by atoms with van der Waals surface area (Å²) in [6.45, 7) is 3.35. The van der Waals surface area contributed by atoms with E-state index in [1.54, 1.807) is 0 Å². The van der Waals surface area contributed by atoms with Crippen molar-refractivity contribution in [2.24, 2.45) is 11.7 Å². The molecule has 1 aliphatic heterocycles. The van der Waals surface area contributed by atoms with Gasteiger partial charge in [0, 0.05) is 12.3 Å². The highest BCUT2D eigenvalue weighted by molar-refractivity contribution is 7.80. The summed E-state index contributed by atoms with van der Waals surface area (Å²) in [6, 6.07) is -4.10. The van der Waals surface area contributed by atoms with Gasteiger partial charge in [-0.1, -0.05) is 13.8 Å². The first-order chi connectivity index (χ1) is 13.1. The zero-order valence-corrected chi connectivity index (χ0v) is 17.0. The minimum atomic E-state index is -1.28. The zero-order valence-electron chi connectivity index (χ0n) is 16.1. The molecular weight excluding hydrogens is 388 g/mol. The van der Waals surface area contributed by atoms with E-state index < -0.39 is 54.5 Å². The number of carboxylic acid groups (broad SMARTS) is 1. The molecule has 1 fully saturated rings. The van der Waals surface area contributed by atoms with Crippen molar-refractivity contribution >= 4 is 36.3 Å². The van der Waals surface area contributed by atoms with Crippen molar-refractivity contribution in [3.05, 3.63) is 0 Å². The maximum absolute atomic E-state index is 12.9. The fourth-order valence-corrected chi connectivity index (χ4v) is 3.17. The number of aliphatic hydroxyl groups excluding tert-OH is 1. The van der Waals surface area contributed by atoms with Crippen molar-refractivity contribution in [1.29, 1.82) is 0 Å². The molecule has 0 aromatic carbocycles. The molecule has 6 N–H and O–H groups in total. The van der Waals surface area contributed by atoms with Crippen LogP contribution in [0.2, 0.25) is 0 Å². The molecule has 28 heavy (non-hydrogen) atoms. The van der Waals surface area contributed by atoms with Crippen LogP contribution in [0.25, 0.3) is 0 Å². The first kappa shape index (κ1) is 24.2. The van der Waals surface area contributed by atoms with Gasteiger partial charge in [-0.3, -0.25) is 14.4 Å². The summed E-state index contributed by atoms with van der Waals surface area (Å²) >= 11 is 3.91. The minimum absolute atomic E-state index is 0.0416. The van der Waals surface area contributed by atoms with E-state index in [0.717, 1.165) is 0 Å². The number of hydrogen-bond donors (Lipinski definition) is 6. The first-order valence-corrected chi connectivity index (χ1v) is 9.86. The van der Waals surface area contributed by atoms with Gasteiger partial charge in [0.1, 0.15) is 18.1 Å². The van der Waals surface area contributed by atoms with Crippen LogP contribution in [-0.2, 0) is 19.2 Å². The molecule has 3 amide bonds. The summed E-state index contributed by atoms with van der Waals surface area (Å²) < 4.78 is 0. The average Bonchev–Trinajstić information content (AvgIpc) is 3.13. The van der Waals surface area contributed by atoms with Crippen molar-refractivity contribution in [3.63, 3.8) is 0 Å². The molecule has 0 bridgehead atoms. The van der Waals surface area contributed by atoms with Crippen LogP contribution in [0.3, 0.4) is 0 Å². The van der Waals surface area contributed by atoms with Gasteiger partial charge in [0.05, 0.1) is 12.6 Å². The molecule has 1 aliphatic rings. The normalized spacial score (nSPS) is 19.8. The molecule has 1 saturated heterocycles. The van der Waals surface area contributed by atoms with E-state index in [-0.39, 0.29) is 18.1 Å². The van der Waals surface area contributed by atoms with Crippen LogP contribution in [0.1, 0.15) is 33.1 Å². The van der Waals surface area contributed by atoms with Gasteiger partial charge in [0.2, 0.25) is 17.7 Å². The number of likely N-dealkylation sites (tertiary alicyclic amines) is 1. The largest absolute Gasteiger partial charge is 0.480 e. The molecule has 0 radical (unpaired) electrons. The van der Waals surface area contributed by atoms with Crippen LogP contribution < -0.4 is 16.4 Å². The summed E-state index contributed by atoms with van der Waals surface area (Å²) in [6.07, 6.45) is 1.22. The van der Waals surface area contributed by atoms with Gasteiger partial charge in [0.25, 0.3) is 0 Å². The summed E-state index contributed by atoms with van der Waals surface area (Å²) in [5.41, 5.74) is 5.54. The predicted molar refractivity (Wildman–Crippen MR) is 105 cm³/mol. The molecule has 1 heterocycles. The van der Waals surface area contributed by atoms with Gasteiger partial charge < -0.3 is 31.5 Å². The average molecular weight is 419 g/mol. The second-order valence-electron chi connectivity index (χ2n) is 7.25.